The largest absolute Gasteiger partial charge is 0.494 e. The van der Waals surface area contributed by atoms with Gasteiger partial charge in [-0.25, -0.2) is 18.7 Å². The number of phosphoric acid groups is 3. The summed E-state index contributed by atoms with van der Waals surface area (Å²) in [5.74, 6) is -0.663. The lowest BCUT2D eigenvalue weighted by molar-refractivity contribution is -0.121. The van der Waals surface area contributed by atoms with Gasteiger partial charge in [0.1, 0.15) is 30.8 Å². The Hall–Kier alpha value is -2.02. The molecule has 0 bridgehead atoms. The summed E-state index contributed by atoms with van der Waals surface area (Å²) in [7, 11) is -15.7. The van der Waals surface area contributed by atoms with Crippen LogP contribution in [0, 0.1) is 0 Å². The average molecular weight is 866 g/mol. The van der Waals surface area contributed by atoms with Crippen molar-refractivity contribution in [3.63, 3.8) is 0 Å². The van der Waals surface area contributed by atoms with Crippen molar-refractivity contribution in [1.82, 2.24) is 15.5 Å². The molecule has 3 rings (SSSR count). The highest BCUT2D eigenvalue weighted by molar-refractivity contribution is 8.77. The van der Waals surface area contributed by atoms with E-state index in [0.29, 0.717) is 31.5 Å². The Morgan fingerprint density at radius 2 is 1.76 bits per heavy atom. The molecule has 28 heteroatoms. The first-order valence-corrected chi connectivity index (χ1v) is 22.7. The molecule has 22 nitrogen and oxygen atoms in total. The molecule has 1 aromatic rings. The van der Waals surface area contributed by atoms with Crippen LogP contribution in [0.1, 0.15) is 49.9 Å². The zero-order valence-electron chi connectivity index (χ0n) is 28.9. The van der Waals surface area contributed by atoms with E-state index in [1.165, 1.54) is 56.8 Å². The standard InChI is InChI=1S/C26H43BN5O17P3S2/c1-26(2,14-30-22(33)5-3-4-10-29-25(35)17-6-8-18(9-7-17)27(36)37)54-53-16-45-19-11-24(32-15-31-21(28)12-23(32)34)47-20(19)13-46-51(41,42)49-52(43,44)48-50(38,39)40/h6-9,12,19-20,24,34,36-37H,3-5,10-11,13-16H2,1-2H3,(H2,28,31)(H,29,35)(H,30,33)(H,41,42)(H,43,44)(H2,38,39,40)/t19?,20-,24-/m1/s1. The van der Waals surface area contributed by atoms with E-state index in [2.05, 4.69) is 24.2 Å². The van der Waals surface area contributed by atoms with Gasteiger partial charge in [0.2, 0.25) is 5.91 Å². The lowest BCUT2D eigenvalue weighted by Crippen LogP contribution is -2.38. The number of carbonyl (C=O) groups excluding carboxylic acids is 2. The Kier molecular flexibility index (Phi) is 17.5. The van der Waals surface area contributed by atoms with E-state index < -0.39 is 60.4 Å². The molecule has 0 saturated carbocycles. The minimum Gasteiger partial charge on any atom is -0.494 e. The van der Waals surface area contributed by atoms with Gasteiger partial charge in [-0.1, -0.05) is 33.7 Å². The number of aliphatic hydroxyl groups is 1. The number of rotatable bonds is 22. The molecule has 1 fully saturated rings. The lowest BCUT2D eigenvalue weighted by atomic mass is 9.80. The van der Waals surface area contributed by atoms with Gasteiger partial charge in [-0.15, -0.1) is 0 Å². The number of hydrogen-bond acceptors (Lipinski definition) is 18. The number of nitrogens with zero attached hydrogens (tertiary/aromatic N) is 2. The molecule has 0 radical (unpaired) electrons. The maximum atomic E-state index is 12.4. The second-order valence-electron chi connectivity index (χ2n) is 12.2. The summed E-state index contributed by atoms with van der Waals surface area (Å²) in [5, 5.41) is 34.3. The molecule has 0 aromatic heterocycles. The van der Waals surface area contributed by atoms with Crippen molar-refractivity contribution in [2.24, 2.45) is 10.7 Å². The van der Waals surface area contributed by atoms with Crippen LogP contribution in [0.3, 0.4) is 0 Å². The number of hydrogen-bond donors (Lipinski definition) is 10. The van der Waals surface area contributed by atoms with Crippen molar-refractivity contribution in [3.05, 3.63) is 41.8 Å². The van der Waals surface area contributed by atoms with Crippen LogP contribution in [0.5, 0.6) is 0 Å². The summed E-state index contributed by atoms with van der Waals surface area (Å²) in [6.07, 6.45) is -0.285. The number of aliphatic hydroxyl groups excluding tert-OH is 1. The van der Waals surface area contributed by atoms with Crippen LogP contribution in [-0.2, 0) is 41.1 Å². The Labute approximate surface area is 318 Å². The molecular formula is C26H43BN5O17P3S2. The highest BCUT2D eigenvalue weighted by Gasteiger charge is 2.44. The van der Waals surface area contributed by atoms with Crippen molar-refractivity contribution in [2.75, 3.05) is 32.3 Å². The number of benzene rings is 1. The molecule has 1 saturated heterocycles. The monoisotopic (exact) mass is 865 g/mol. The first-order valence-electron chi connectivity index (χ1n) is 15.9. The van der Waals surface area contributed by atoms with E-state index in [1.54, 1.807) is 0 Å². The van der Waals surface area contributed by atoms with Crippen molar-refractivity contribution in [1.29, 1.82) is 0 Å². The Morgan fingerprint density at radius 1 is 1.07 bits per heavy atom. The van der Waals surface area contributed by atoms with E-state index in [9.17, 15) is 38.2 Å². The number of carbonyl (C=O) groups is 2. The number of ether oxygens (including phenoxy) is 2. The molecule has 3 unspecified atom stereocenters. The molecule has 0 spiro atoms. The maximum Gasteiger partial charge on any atom is 0.490 e. The van der Waals surface area contributed by atoms with Crippen molar-refractivity contribution >= 4 is 75.3 Å². The highest BCUT2D eigenvalue weighted by Crippen LogP contribution is 2.66. The molecular weight excluding hydrogens is 822 g/mol. The van der Waals surface area contributed by atoms with E-state index in [0.717, 1.165) is 0 Å². The number of phosphoric ester groups is 1. The van der Waals surface area contributed by atoms with Crippen LogP contribution in [-0.4, -0.2) is 120 Å². The lowest BCUT2D eigenvalue weighted by Gasteiger charge is -2.29. The van der Waals surface area contributed by atoms with Gasteiger partial charge in [0, 0.05) is 42.3 Å². The second-order valence-corrected chi connectivity index (χ2v) is 19.6. The number of aliphatic imine (C=N–C) groups is 1. The fourth-order valence-electron chi connectivity index (χ4n) is 4.67. The smallest absolute Gasteiger partial charge is 0.490 e. The third-order valence-electron chi connectivity index (χ3n) is 7.24. The summed E-state index contributed by atoms with van der Waals surface area (Å²) in [4.78, 5) is 66.8. The third kappa shape index (κ3) is 16.6. The maximum absolute atomic E-state index is 12.4. The van der Waals surface area contributed by atoms with Crippen LogP contribution >= 0.6 is 45.1 Å². The molecule has 1 aromatic carbocycles. The van der Waals surface area contributed by atoms with Crippen LogP contribution in [0.25, 0.3) is 0 Å². The SMILES string of the molecule is CC(C)(CNC(=O)CCCCNC(=O)c1ccc(B(O)O)cc1)SSCOC1C[C@H](N2CN=C(N)C=C2O)O[C@@H]1COP(=O)(O)OP(=O)(O)OP(=O)(O)O. The zero-order valence-corrected chi connectivity index (χ0v) is 33.2. The Bertz CT molecular complexity index is 1650. The minimum atomic E-state index is -5.74. The zero-order chi connectivity index (χ0) is 40.3. The Balaban J connectivity index is 1.42. The predicted octanol–water partition coefficient (Wildman–Crippen LogP) is 0.373. The first-order chi connectivity index (χ1) is 25.0. The predicted molar refractivity (Wildman–Crippen MR) is 197 cm³/mol. The summed E-state index contributed by atoms with van der Waals surface area (Å²) >= 11 is 0. The van der Waals surface area contributed by atoms with Crippen LogP contribution in [0.15, 0.2) is 41.2 Å². The van der Waals surface area contributed by atoms with Gasteiger partial charge in [0.05, 0.1) is 12.7 Å². The number of nitrogens with one attached hydrogen (secondary N) is 2. The molecule has 5 atom stereocenters. The van der Waals surface area contributed by atoms with E-state index >= 15 is 0 Å². The average Bonchev–Trinajstić information content (AvgIpc) is 3.45. The molecule has 2 aliphatic heterocycles. The fourth-order valence-corrected chi connectivity index (χ4v) is 9.87. The second kappa shape index (κ2) is 20.4. The number of nitrogens with two attached hydrogens (primary N) is 1. The van der Waals surface area contributed by atoms with Crippen molar-refractivity contribution in [3.8, 4) is 0 Å². The fraction of sp³-hybridized carbons (Fsp3) is 0.577. The molecule has 2 heterocycles. The molecule has 2 amide bonds. The number of unbranched alkanes of at least 4 members (excludes halogenated alkanes) is 1. The summed E-state index contributed by atoms with van der Waals surface area (Å²) in [5.41, 5.74) is 6.25. The van der Waals surface area contributed by atoms with E-state index in [-0.39, 0.29) is 54.4 Å². The van der Waals surface area contributed by atoms with E-state index in [4.69, 9.17) is 39.6 Å². The van der Waals surface area contributed by atoms with Gasteiger partial charge in [-0.3, -0.25) is 19.0 Å². The van der Waals surface area contributed by atoms with Crippen molar-refractivity contribution < 1.29 is 80.6 Å². The summed E-state index contributed by atoms with van der Waals surface area (Å²) in [6.45, 7) is 3.57. The molecule has 0 aliphatic carbocycles. The highest BCUT2D eigenvalue weighted by atomic mass is 33.1. The van der Waals surface area contributed by atoms with Gasteiger partial charge in [0.15, 0.2) is 5.88 Å². The van der Waals surface area contributed by atoms with E-state index in [1.807, 2.05) is 13.8 Å². The number of amides is 2. The van der Waals surface area contributed by atoms with Gasteiger partial charge in [-0.2, -0.15) is 8.62 Å². The van der Waals surface area contributed by atoms with Gasteiger partial charge in [-0.05, 0) is 44.3 Å². The summed E-state index contributed by atoms with van der Waals surface area (Å²) < 4.78 is 58.5. The van der Waals surface area contributed by atoms with Gasteiger partial charge >= 0.3 is 30.6 Å². The Morgan fingerprint density at radius 3 is 2.39 bits per heavy atom. The normalized spacial score (nSPS) is 21.4. The summed E-state index contributed by atoms with van der Waals surface area (Å²) in [6, 6.07) is 5.84. The van der Waals surface area contributed by atoms with Crippen molar-refractivity contribution in [2.45, 2.75) is 62.7 Å². The number of amidine groups is 1. The van der Waals surface area contributed by atoms with Gasteiger partial charge in [0.25, 0.3) is 5.91 Å². The van der Waals surface area contributed by atoms with Crippen LogP contribution in [0.2, 0.25) is 0 Å². The molecule has 11 N–H and O–H groups in total. The molecule has 304 valence electrons. The van der Waals surface area contributed by atoms with Gasteiger partial charge < -0.3 is 60.6 Å². The minimum absolute atomic E-state index is 0.0424. The first kappa shape index (κ1) is 46.4. The molecule has 2 aliphatic rings. The quantitative estimate of drug-likeness (QED) is 0.0247. The van der Waals surface area contributed by atoms with Crippen LogP contribution in [0.4, 0.5) is 0 Å². The molecule has 54 heavy (non-hydrogen) atoms. The third-order valence-corrected chi connectivity index (χ3v) is 14.0. The topological polar surface area (TPSA) is 339 Å². The van der Waals surface area contributed by atoms with Crippen LogP contribution < -0.4 is 21.8 Å².